The van der Waals surface area contributed by atoms with Crippen molar-refractivity contribution in [1.29, 1.82) is 0 Å². The summed E-state index contributed by atoms with van der Waals surface area (Å²) >= 11 is 0. The molecule has 4 N–H and O–H groups in total. The SMILES string of the molecule is CCCCCCCCCCCCCCCCCCOCC(CO[C@H]1O[C@H](CO)[C@@H](O)[C@H](O)[C@@H]1O)OCC. The van der Waals surface area contributed by atoms with Crippen LogP contribution in [0.4, 0.5) is 0 Å². The Bertz CT molecular complexity index is 493. The summed E-state index contributed by atoms with van der Waals surface area (Å²) in [6, 6.07) is 0. The van der Waals surface area contributed by atoms with E-state index >= 15 is 0 Å². The van der Waals surface area contributed by atoms with E-state index in [-0.39, 0.29) is 12.7 Å². The van der Waals surface area contributed by atoms with E-state index in [4.69, 9.17) is 18.9 Å². The monoisotopic (exact) mass is 534 g/mol. The molecule has 0 aliphatic carbocycles. The average Bonchev–Trinajstić information content (AvgIpc) is 2.90. The van der Waals surface area contributed by atoms with Gasteiger partial charge in [-0.15, -0.1) is 0 Å². The van der Waals surface area contributed by atoms with E-state index in [1.165, 1.54) is 96.3 Å². The van der Waals surface area contributed by atoms with Crippen LogP contribution in [0.2, 0.25) is 0 Å². The van der Waals surface area contributed by atoms with Crippen molar-refractivity contribution in [2.75, 3.05) is 33.0 Å². The predicted molar refractivity (Wildman–Crippen MR) is 145 cm³/mol. The van der Waals surface area contributed by atoms with Gasteiger partial charge >= 0.3 is 0 Å². The molecule has 1 unspecified atom stereocenters. The Morgan fingerprint density at radius 1 is 0.649 bits per heavy atom. The minimum Gasteiger partial charge on any atom is -0.394 e. The summed E-state index contributed by atoms with van der Waals surface area (Å²) in [4.78, 5) is 0. The first-order valence-corrected chi connectivity index (χ1v) is 15.2. The molecule has 0 spiro atoms. The second-order valence-electron chi connectivity index (χ2n) is 10.5. The van der Waals surface area contributed by atoms with Crippen molar-refractivity contribution in [2.24, 2.45) is 0 Å². The molecular formula is C29H58O8. The van der Waals surface area contributed by atoms with Crippen LogP contribution < -0.4 is 0 Å². The third-order valence-corrected chi connectivity index (χ3v) is 7.14. The second kappa shape index (κ2) is 23.6. The van der Waals surface area contributed by atoms with Crippen molar-refractivity contribution >= 4 is 0 Å². The number of hydrogen-bond acceptors (Lipinski definition) is 8. The van der Waals surface area contributed by atoms with Crippen molar-refractivity contribution in [3.05, 3.63) is 0 Å². The van der Waals surface area contributed by atoms with Crippen LogP contribution in [-0.4, -0.2) is 90.3 Å². The van der Waals surface area contributed by atoms with Crippen molar-refractivity contribution in [1.82, 2.24) is 0 Å². The highest BCUT2D eigenvalue weighted by Gasteiger charge is 2.44. The summed E-state index contributed by atoms with van der Waals surface area (Å²) in [5, 5.41) is 39.1. The van der Waals surface area contributed by atoms with Crippen molar-refractivity contribution in [3.8, 4) is 0 Å². The molecule has 1 saturated heterocycles. The average molecular weight is 535 g/mol. The minimum absolute atomic E-state index is 0.107. The lowest BCUT2D eigenvalue weighted by Crippen LogP contribution is -2.59. The molecule has 0 saturated carbocycles. The number of aliphatic hydroxyl groups excluding tert-OH is 4. The van der Waals surface area contributed by atoms with Gasteiger partial charge in [0.2, 0.25) is 0 Å². The molecule has 1 aliphatic heterocycles. The molecule has 222 valence electrons. The zero-order valence-electron chi connectivity index (χ0n) is 23.7. The largest absolute Gasteiger partial charge is 0.394 e. The van der Waals surface area contributed by atoms with Crippen molar-refractivity contribution in [3.63, 3.8) is 0 Å². The first-order chi connectivity index (χ1) is 18.0. The molecule has 8 heteroatoms. The summed E-state index contributed by atoms with van der Waals surface area (Å²) < 4.78 is 22.4. The number of rotatable bonds is 25. The fourth-order valence-corrected chi connectivity index (χ4v) is 4.75. The molecule has 37 heavy (non-hydrogen) atoms. The van der Waals surface area contributed by atoms with Crippen LogP contribution in [-0.2, 0) is 18.9 Å². The lowest BCUT2D eigenvalue weighted by Gasteiger charge is -2.39. The highest BCUT2D eigenvalue weighted by atomic mass is 16.7. The van der Waals surface area contributed by atoms with Crippen LogP contribution >= 0.6 is 0 Å². The standard InChI is InChI=1S/C29H58O8/c1-3-5-6-7-8-9-10-11-12-13-14-15-16-17-18-19-20-34-22-24(35-4-2)23-36-29-28(33)27(32)26(31)25(21-30)37-29/h24-33H,3-23H2,1-2H3/t24?,25-,26-,27+,28+,29+/m1/s1. The van der Waals surface area contributed by atoms with Crippen molar-refractivity contribution < 1.29 is 39.4 Å². The van der Waals surface area contributed by atoms with Gasteiger partial charge in [-0.05, 0) is 13.3 Å². The van der Waals surface area contributed by atoms with Gasteiger partial charge in [-0.3, -0.25) is 0 Å². The van der Waals surface area contributed by atoms with Crippen molar-refractivity contribution in [2.45, 2.75) is 153 Å². The molecule has 0 amide bonds. The molecule has 0 bridgehead atoms. The maximum absolute atomic E-state index is 10.1. The quantitative estimate of drug-likeness (QED) is 0.127. The molecule has 0 aromatic carbocycles. The van der Waals surface area contributed by atoms with E-state index < -0.39 is 37.3 Å². The highest BCUT2D eigenvalue weighted by Crippen LogP contribution is 2.22. The number of hydrogen-bond donors (Lipinski definition) is 4. The van der Waals surface area contributed by atoms with Gasteiger partial charge in [0.05, 0.1) is 19.8 Å². The zero-order valence-corrected chi connectivity index (χ0v) is 23.7. The summed E-state index contributed by atoms with van der Waals surface area (Å²) in [5.74, 6) is 0. The zero-order chi connectivity index (χ0) is 27.1. The maximum Gasteiger partial charge on any atom is 0.186 e. The first-order valence-electron chi connectivity index (χ1n) is 15.2. The third-order valence-electron chi connectivity index (χ3n) is 7.14. The molecule has 6 atom stereocenters. The maximum atomic E-state index is 10.1. The Morgan fingerprint density at radius 2 is 1.16 bits per heavy atom. The van der Waals surface area contributed by atoms with E-state index in [1.54, 1.807) is 0 Å². The normalized spacial score (nSPS) is 25.0. The van der Waals surface area contributed by atoms with Gasteiger partial charge in [0, 0.05) is 13.2 Å². The predicted octanol–water partition coefficient (Wildman–Crippen LogP) is 4.49. The Hall–Kier alpha value is -0.320. The summed E-state index contributed by atoms with van der Waals surface area (Å²) in [7, 11) is 0. The fourth-order valence-electron chi connectivity index (χ4n) is 4.75. The Labute approximate surface area is 226 Å². The minimum atomic E-state index is -1.45. The lowest BCUT2D eigenvalue weighted by atomic mass is 9.99. The van der Waals surface area contributed by atoms with Crippen LogP contribution in [0.15, 0.2) is 0 Å². The molecular weight excluding hydrogens is 476 g/mol. The van der Waals surface area contributed by atoms with Gasteiger partial charge in [0.15, 0.2) is 6.29 Å². The van der Waals surface area contributed by atoms with E-state index in [0.717, 1.165) is 6.42 Å². The summed E-state index contributed by atoms with van der Waals surface area (Å²) in [6.07, 6.45) is 14.7. The van der Waals surface area contributed by atoms with E-state index in [9.17, 15) is 20.4 Å². The van der Waals surface area contributed by atoms with Gasteiger partial charge in [-0.2, -0.15) is 0 Å². The molecule has 8 nitrogen and oxygen atoms in total. The molecule has 1 rings (SSSR count). The molecule has 0 aromatic heterocycles. The Balaban J connectivity index is 1.98. The Morgan fingerprint density at radius 3 is 1.65 bits per heavy atom. The smallest absolute Gasteiger partial charge is 0.186 e. The third kappa shape index (κ3) is 16.4. The molecule has 1 heterocycles. The fraction of sp³-hybridized carbons (Fsp3) is 1.00. The number of aliphatic hydroxyl groups is 4. The van der Waals surface area contributed by atoms with E-state index in [1.807, 2.05) is 6.92 Å². The number of unbranched alkanes of at least 4 members (excludes halogenated alkanes) is 15. The first kappa shape index (κ1) is 34.7. The van der Waals surface area contributed by atoms with Gasteiger partial charge in [-0.25, -0.2) is 0 Å². The van der Waals surface area contributed by atoms with Gasteiger partial charge in [0.1, 0.15) is 30.5 Å². The second-order valence-corrected chi connectivity index (χ2v) is 10.5. The lowest BCUT2D eigenvalue weighted by molar-refractivity contribution is -0.305. The van der Waals surface area contributed by atoms with Gasteiger partial charge < -0.3 is 39.4 Å². The Kier molecular flexibility index (Phi) is 22.1. The van der Waals surface area contributed by atoms with Gasteiger partial charge in [0.25, 0.3) is 0 Å². The molecule has 0 aromatic rings. The van der Waals surface area contributed by atoms with Crippen LogP contribution in [0.5, 0.6) is 0 Å². The summed E-state index contributed by atoms with van der Waals surface area (Å²) in [6.45, 7) is 5.30. The van der Waals surface area contributed by atoms with Gasteiger partial charge in [-0.1, -0.05) is 103 Å². The molecule has 1 aliphatic rings. The van der Waals surface area contributed by atoms with Crippen LogP contribution in [0.3, 0.4) is 0 Å². The van der Waals surface area contributed by atoms with Crippen LogP contribution in [0, 0.1) is 0 Å². The van der Waals surface area contributed by atoms with Crippen LogP contribution in [0.1, 0.15) is 117 Å². The van der Waals surface area contributed by atoms with E-state index in [0.29, 0.717) is 19.8 Å². The number of ether oxygens (including phenoxy) is 4. The topological polar surface area (TPSA) is 118 Å². The summed E-state index contributed by atoms with van der Waals surface area (Å²) in [5.41, 5.74) is 0. The van der Waals surface area contributed by atoms with Crippen LogP contribution in [0.25, 0.3) is 0 Å². The van der Waals surface area contributed by atoms with E-state index in [2.05, 4.69) is 6.92 Å². The molecule has 1 fully saturated rings. The highest BCUT2D eigenvalue weighted by molar-refractivity contribution is 4.89. The molecule has 0 radical (unpaired) electrons.